The Morgan fingerprint density at radius 1 is 1.21 bits per heavy atom. The minimum Gasteiger partial charge on any atom is -0.469 e. The number of rotatable bonds is 14. The Balaban J connectivity index is 2.04. The van der Waals surface area contributed by atoms with Crippen LogP contribution in [0.1, 0.15) is 57.2 Å². The van der Waals surface area contributed by atoms with Gasteiger partial charge in [-0.2, -0.15) is 13.2 Å². The van der Waals surface area contributed by atoms with Gasteiger partial charge >= 0.3 is 12.1 Å². The van der Waals surface area contributed by atoms with E-state index in [2.05, 4.69) is 48.7 Å². The Kier molecular flexibility index (Phi) is 11.9. The topological polar surface area (TPSA) is 77.9 Å². The molecule has 1 atom stereocenters. The lowest BCUT2D eigenvalue weighted by Crippen LogP contribution is -2.42. The van der Waals surface area contributed by atoms with Crippen molar-refractivity contribution in [3.8, 4) is 0 Å². The van der Waals surface area contributed by atoms with Crippen molar-refractivity contribution in [3.63, 3.8) is 0 Å². The summed E-state index contributed by atoms with van der Waals surface area (Å²) in [6.45, 7) is 15.4. The average Bonchev–Trinajstić information content (AvgIpc) is 3.32. The molecule has 1 saturated heterocycles. The van der Waals surface area contributed by atoms with Gasteiger partial charge < -0.3 is 24.4 Å². The zero-order valence-electron chi connectivity index (χ0n) is 26.0. The number of alkyl halides is 3. The van der Waals surface area contributed by atoms with Gasteiger partial charge in [0.25, 0.3) is 0 Å². The first-order chi connectivity index (χ1) is 19.7. The summed E-state index contributed by atoms with van der Waals surface area (Å²) in [5.41, 5.74) is 1.37. The van der Waals surface area contributed by atoms with Crippen LogP contribution >= 0.6 is 0 Å². The van der Waals surface area contributed by atoms with Crippen molar-refractivity contribution < 1.29 is 32.2 Å². The number of nitrogens with zero attached hydrogens (tertiary/aromatic N) is 3. The summed E-state index contributed by atoms with van der Waals surface area (Å²) in [6.07, 6.45) is -1.73. The molecule has 12 heteroatoms. The molecule has 2 heterocycles. The molecule has 0 aliphatic carbocycles. The van der Waals surface area contributed by atoms with E-state index in [0.717, 1.165) is 42.9 Å². The standard InChI is InChI=1S/C30H47F3N4O4Si/c1-21(2)18-37(24-10-12-40-13-11-24)26-9-8-23(22(3)16-28(38)39-4)17-25(26)34-29-35-27(30(31,32)33)19-36(29)20-41-14-15-42(5,6)7/h8-9,17,19,21-22,24H,10-16,18,20H2,1-7H3,(H,34,35)/t22-/m1/s1. The molecule has 0 unspecified atom stereocenters. The third-order valence-electron chi connectivity index (χ3n) is 7.33. The molecular formula is C30H47F3N4O4Si. The van der Waals surface area contributed by atoms with Crippen molar-refractivity contribution in [2.75, 3.05) is 43.7 Å². The van der Waals surface area contributed by atoms with Gasteiger partial charge in [0.2, 0.25) is 5.95 Å². The molecule has 2 aromatic rings. The number of benzene rings is 1. The van der Waals surface area contributed by atoms with Gasteiger partial charge in [0.1, 0.15) is 6.73 Å². The third-order valence-corrected chi connectivity index (χ3v) is 9.04. The number of halogens is 3. The van der Waals surface area contributed by atoms with Crippen LogP contribution in [0.15, 0.2) is 24.4 Å². The van der Waals surface area contributed by atoms with Crippen molar-refractivity contribution in [3.05, 3.63) is 35.7 Å². The van der Waals surface area contributed by atoms with Gasteiger partial charge in [0.15, 0.2) is 5.69 Å². The Morgan fingerprint density at radius 3 is 2.50 bits per heavy atom. The van der Waals surface area contributed by atoms with Crippen LogP contribution in [0.25, 0.3) is 0 Å². The van der Waals surface area contributed by atoms with Gasteiger partial charge in [-0.3, -0.25) is 9.36 Å². The van der Waals surface area contributed by atoms with Crippen molar-refractivity contribution in [1.29, 1.82) is 0 Å². The number of carbonyl (C=O) groups is 1. The minimum absolute atomic E-state index is 0.0471. The van der Waals surface area contributed by atoms with Crippen molar-refractivity contribution in [2.24, 2.45) is 5.92 Å². The lowest BCUT2D eigenvalue weighted by molar-refractivity contribution is -0.141. The molecule has 1 aromatic carbocycles. The highest BCUT2D eigenvalue weighted by molar-refractivity contribution is 6.76. The first-order valence-electron chi connectivity index (χ1n) is 14.7. The number of esters is 1. The zero-order valence-corrected chi connectivity index (χ0v) is 27.0. The van der Waals surface area contributed by atoms with E-state index in [0.29, 0.717) is 31.4 Å². The molecule has 0 bridgehead atoms. The highest BCUT2D eigenvalue weighted by Gasteiger charge is 2.35. The van der Waals surface area contributed by atoms with E-state index in [1.54, 1.807) is 0 Å². The number of nitrogens with one attached hydrogen (secondary N) is 1. The lowest BCUT2D eigenvalue weighted by atomic mass is 9.95. The van der Waals surface area contributed by atoms with Crippen LogP contribution in [-0.4, -0.2) is 63.1 Å². The van der Waals surface area contributed by atoms with Gasteiger partial charge in [-0.25, -0.2) is 4.98 Å². The molecular weight excluding hydrogens is 565 g/mol. The minimum atomic E-state index is -4.61. The predicted octanol–water partition coefficient (Wildman–Crippen LogP) is 7.27. The molecule has 42 heavy (non-hydrogen) atoms. The summed E-state index contributed by atoms with van der Waals surface area (Å²) in [5, 5.41) is 3.24. The summed E-state index contributed by atoms with van der Waals surface area (Å²) < 4.78 is 59.0. The van der Waals surface area contributed by atoms with E-state index in [9.17, 15) is 18.0 Å². The third kappa shape index (κ3) is 10.0. The molecule has 0 spiro atoms. The number of imidazole rings is 1. The predicted molar refractivity (Wildman–Crippen MR) is 162 cm³/mol. The van der Waals surface area contributed by atoms with Crippen molar-refractivity contribution in [1.82, 2.24) is 9.55 Å². The molecule has 0 radical (unpaired) electrons. The second-order valence-corrected chi connectivity index (χ2v) is 18.4. The quantitative estimate of drug-likeness (QED) is 0.137. The number of hydrogen-bond acceptors (Lipinski definition) is 7. The van der Waals surface area contributed by atoms with E-state index in [1.807, 2.05) is 25.1 Å². The number of aromatic nitrogens is 2. The molecule has 236 valence electrons. The normalized spacial score (nSPS) is 15.6. The van der Waals surface area contributed by atoms with Gasteiger partial charge in [0, 0.05) is 46.7 Å². The molecule has 1 fully saturated rings. The first-order valence-corrected chi connectivity index (χ1v) is 18.4. The maximum atomic E-state index is 13.8. The van der Waals surface area contributed by atoms with Gasteiger partial charge in [0.05, 0.1) is 24.9 Å². The zero-order chi connectivity index (χ0) is 31.1. The maximum absolute atomic E-state index is 13.8. The van der Waals surface area contributed by atoms with Crippen LogP contribution in [0.5, 0.6) is 0 Å². The van der Waals surface area contributed by atoms with Crippen LogP contribution in [0, 0.1) is 5.92 Å². The molecule has 1 N–H and O–H groups in total. The molecule has 1 aliphatic heterocycles. The summed E-state index contributed by atoms with van der Waals surface area (Å²) in [7, 11) is -0.0159. The number of anilines is 3. The average molecular weight is 613 g/mol. The number of methoxy groups -OCH3 is 1. The van der Waals surface area contributed by atoms with Gasteiger partial charge in [-0.05, 0) is 48.4 Å². The highest BCUT2D eigenvalue weighted by atomic mass is 28.3. The molecule has 3 rings (SSSR count). The first kappa shape index (κ1) is 33.9. The highest BCUT2D eigenvalue weighted by Crippen LogP contribution is 2.37. The Labute approximate surface area is 248 Å². The lowest BCUT2D eigenvalue weighted by Gasteiger charge is -2.38. The monoisotopic (exact) mass is 612 g/mol. The molecule has 0 amide bonds. The Hall–Kier alpha value is -2.57. The smallest absolute Gasteiger partial charge is 0.434 e. The van der Waals surface area contributed by atoms with Gasteiger partial charge in [-0.15, -0.1) is 0 Å². The van der Waals surface area contributed by atoms with Crippen molar-refractivity contribution in [2.45, 2.75) is 90.6 Å². The molecule has 1 aliphatic rings. The Morgan fingerprint density at radius 2 is 1.90 bits per heavy atom. The van der Waals surface area contributed by atoms with E-state index < -0.39 is 19.9 Å². The molecule has 1 aromatic heterocycles. The SMILES string of the molecule is COC(=O)C[C@@H](C)c1ccc(N(CC(C)C)C2CCOCC2)c(Nc2nc(C(F)(F)F)cn2COCC[Si](C)(C)C)c1. The molecule has 8 nitrogen and oxygen atoms in total. The van der Waals surface area contributed by atoms with Crippen molar-refractivity contribution >= 4 is 31.4 Å². The van der Waals surface area contributed by atoms with E-state index in [4.69, 9.17) is 14.2 Å². The number of hydrogen-bond donors (Lipinski definition) is 1. The summed E-state index contributed by atoms with van der Waals surface area (Å²) >= 11 is 0. The van der Waals surface area contributed by atoms with Crippen LogP contribution < -0.4 is 10.2 Å². The number of carbonyl (C=O) groups excluding carboxylic acids is 1. The van der Waals surface area contributed by atoms with Gasteiger partial charge in [-0.1, -0.05) is 46.5 Å². The maximum Gasteiger partial charge on any atom is 0.434 e. The fourth-order valence-electron chi connectivity index (χ4n) is 4.91. The van der Waals surface area contributed by atoms with Crippen LogP contribution in [0.3, 0.4) is 0 Å². The second-order valence-electron chi connectivity index (χ2n) is 12.7. The van der Waals surface area contributed by atoms with Crippen LogP contribution in [0.2, 0.25) is 25.7 Å². The fourth-order valence-corrected chi connectivity index (χ4v) is 5.67. The summed E-state index contributed by atoms with van der Waals surface area (Å²) in [5.74, 6) is -0.0994. The Bertz CT molecular complexity index is 1160. The number of ether oxygens (including phenoxy) is 3. The van der Waals surface area contributed by atoms with E-state index in [1.165, 1.54) is 11.7 Å². The molecule has 0 saturated carbocycles. The summed E-state index contributed by atoms with van der Waals surface area (Å²) in [4.78, 5) is 18.3. The van der Waals surface area contributed by atoms with E-state index >= 15 is 0 Å². The fraction of sp³-hybridized carbons (Fsp3) is 0.667. The second kappa shape index (κ2) is 14.7. The largest absolute Gasteiger partial charge is 0.469 e. The van der Waals surface area contributed by atoms with Crippen LogP contribution in [0.4, 0.5) is 30.5 Å². The van der Waals surface area contributed by atoms with E-state index in [-0.39, 0.29) is 37.0 Å². The van der Waals surface area contributed by atoms with Crippen LogP contribution in [-0.2, 0) is 31.9 Å². The summed E-state index contributed by atoms with van der Waals surface area (Å²) in [6, 6.07) is 7.00.